The van der Waals surface area contributed by atoms with Crippen molar-refractivity contribution in [2.75, 3.05) is 0 Å². The molecule has 150 valence electrons. The summed E-state index contributed by atoms with van der Waals surface area (Å²) in [6, 6.07) is 12.4. The van der Waals surface area contributed by atoms with Crippen LogP contribution in [-0.2, 0) is 11.8 Å². The number of ketones is 1. The monoisotopic (exact) mass is 402 g/mol. The number of carbonyl (C=O) groups excluding carboxylic acids is 1. The number of hydrogen-bond donors (Lipinski definition) is 0. The van der Waals surface area contributed by atoms with Gasteiger partial charge in [-0.1, -0.05) is 42.5 Å². The van der Waals surface area contributed by atoms with Crippen molar-refractivity contribution in [3.05, 3.63) is 81.5 Å². The maximum Gasteiger partial charge on any atom is 0.449 e. The van der Waals surface area contributed by atoms with E-state index in [9.17, 15) is 28.1 Å². The molecule has 3 atom stereocenters. The van der Waals surface area contributed by atoms with Crippen LogP contribution in [-0.4, -0.2) is 27.5 Å². The van der Waals surface area contributed by atoms with Gasteiger partial charge in [0.05, 0.1) is 11.8 Å². The minimum absolute atomic E-state index is 0.421. The SMILES string of the molecule is Cn1cc2c3c(cccc31)[C@H](CC(=O)C(F)(F)F)[C@@H]([N+](=O)[O-])[C@@H]2c1ccccc1. The lowest BCUT2D eigenvalue weighted by Crippen LogP contribution is -2.39. The number of alkyl halides is 3. The molecule has 0 aliphatic heterocycles. The topological polar surface area (TPSA) is 65.1 Å². The molecule has 0 fully saturated rings. The summed E-state index contributed by atoms with van der Waals surface area (Å²) >= 11 is 0. The van der Waals surface area contributed by atoms with E-state index in [1.807, 2.05) is 10.6 Å². The van der Waals surface area contributed by atoms with Gasteiger partial charge in [0.25, 0.3) is 0 Å². The van der Waals surface area contributed by atoms with Crippen LogP contribution in [0.5, 0.6) is 0 Å². The number of nitro groups is 1. The number of Topliss-reactive ketones (excluding diaryl/α,β-unsaturated/α-hetero) is 1. The van der Waals surface area contributed by atoms with Crippen molar-refractivity contribution in [3.63, 3.8) is 0 Å². The smallest absolute Gasteiger partial charge is 0.350 e. The van der Waals surface area contributed by atoms with Crippen molar-refractivity contribution >= 4 is 16.7 Å². The Hall–Kier alpha value is -3.16. The fourth-order valence-corrected chi connectivity index (χ4v) is 4.51. The van der Waals surface area contributed by atoms with Gasteiger partial charge in [-0.2, -0.15) is 13.2 Å². The van der Waals surface area contributed by atoms with Gasteiger partial charge in [0.2, 0.25) is 11.8 Å². The lowest BCUT2D eigenvalue weighted by molar-refractivity contribution is -0.529. The summed E-state index contributed by atoms with van der Waals surface area (Å²) in [6.45, 7) is 0. The average molecular weight is 402 g/mol. The average Bonchev–Trinajstić information content (AvgIpc) is 3.01. The van der Waals surface area contributed by atoms with Crippen LogP contribution in [0.2, 0.25) is 0 Å². The summed E-state index contributed by atoms with van der Waals surface area (Å²) in [5, 5.41) is 12.8. The predicted octanol–water partition coefficient (Wildman–Crippen LogP) is 4.57. The highest BCUT2D eigenvalue weighted by molar-refractivity contribution is 5.92. The Balaban J connectivity index is 1.99. The fourth-order valence-electron chi connectivity index (χ4n) is 4.51. The van der Waals surface area contributed by atoms with Crippen molar-refractivity contribution in [2.24, 2.45) is 7.05 Å². The third-order valence-electron chi connectivity index (χ3n) is 5.69. The predicted molar refractivity (Wildman–Crippen MR) is 100 cm³/mol. The summed E-state index contributed by atoms with van der Waals surface area (Å²) in [5.41, 5.74) is 2.52. The Morgan fingerprint density at radius 3 is 2.41 bits per heavy atom. The van der Waals surface area contributed by atoms with E-state index in [2.05, 4.69) is 0 Å². The van der Waals surface area contributed by atoms with Crippen LogP contribution in [0.1, 0.15) is 34.9 Å². The van der Waals surface area contributed by atoms with Gasteiger partial charge in [-0.05, 0) is 22.8 Å². The molecule has 0 saturated heterocycles. The summed E-state index contributed by atoms with van der Waals surface area (Å²) < 4.78 is 40.9. The summed E-state index contributed by atoms with van der Waals surface area (Å²) in [7, 11) is 1.79. The van der Waals surface area contributed by atoms with E-state index in [-0.39, 0.29) is 0 Å². The van der Waals surface area contributed by atoms with Crippen molar-refractivity contribution in [1.29, 1.82) is 0 Å². The molecule has 4 rings (SSSR count). The Kier molecular flexibility index (Phi) is 4.44. The van der Waals surface area contributed by atoms with E-state index in [0.29, 0.717) is 22.1 Å². The van der Waals surface area contributed by atoms with E-state index < -0.39 is 41.2 Å². The highest BCUT2D eigenvalue weighted by Crippen LogP contribution is 2.49. The standard InChI is InChI=1S/C21H17F3N2O3/c1-25-11-15-18(12-6-3-2-4-7-12)20(26(28)29)14(10-17(27)21(22,23)24)13-8-5-9-16(25)19(13)15/h2-9,11,14,18,20H,10H2,1H3/t14-,18+,20+/m0/s1. The molecule has 5 nitrogen and oxygen atoms in total. The van der Waals surface area contributed by atoms with E-state index in [4.69, 9.17) is 0 Å². The molecule has 1 aromatic heterocycles. The van der Waals surface area contributed by atoms with Crippen LogP contribution in [0.25, 0.3) is 10.9 Å². The Labute approximate surface area is 163 Å². The molecule has 0 bridgehead atoms. The van der Waals surface area contributed by atoms with E-state index in [0.717, 1.165) is 5.52 Å². The minimum Gasteiger partial charge on any atom is -0.350 e. The van der Waals surface area contributed by atoms with Crippen LogP contribution in [0, 0.1) is 10.1 Å². The molecule has 0 saturated carbocycles. The van der Waals surface area contributed by atoms with E-state index in [1.165, 1.54) is 0 Å². The van der Waals surface area contributed by atoms with Gasteiger partial charge in [0.1, 0.15) is 0 Å². The van der Waals surface area contributed by atoms with E-state index in [1.54, 1.807) is 55.7 Å². The van der Waals surface area contributed by atoms with Crippen molar-refractivity contribution < 1.29 is 22.9 Å². The van der Waals surface area contributed by atoms with E-state index >= 15 is 0 Å². The van der Waals surface area contributed by atoms with Crippen LogP contribution in [0.15, 0.2) is 54.7 Å². The van der Waals surface area contributed by atoms with Crippen LogP contribution in [0.3, 0.4) is 0 Å². The first-order chi connectivity index (χ1) is 13.7. The zero-order valence-corrected chi connectivity index (χ0v) is 15.4. The summed E-state index contributed by atoms with van der Waals surface area (Å²) in [6.07, 6.45) is -4.19. The summed E-state index contributed by atoms with van der Waals surface area (Å²) in [4.78, 5) is 23.4. The zero-order chi connectivity index (χ0) is 20.9. The Morgan fingerprint density at radius 2 is 1.79 bits per heavy atom. The first kappa shape index (κ1) is 19.2. The Bertz CT molecular complexity index is 1110. The normalized spacial score (nSPS) is 21.3. The van der Waals surface area contributed by atoms with Gasteiger partial charge < -0.3 is 4.57 Å². The number of halogens is 3. The van der Waals surface area contributed by atoms with Crippen LogP contribution < -0.4 is 0 Å². The van der Waals surface area contributed by atoms with Gasteiger partial charge >= 0.3 is 6.18 Å². The van der Waals surface area contributed by atoms with Crippen LogP contribution in [0.4, 0.5) is 13.2 Å². The molecule has 2 aromatic carbocycles. The second-order valence-electron chi connectivity index (χ2n) is 7.33. The number of rotatable bonds is 4. The molecule has 1 heterocycles. The molecule has 0 N–H and O–H groups in total. The van der Waals surface area contributed by atoms with Crippen molar-refractivity contribution in [2.45, 2.75) is 30.5 Å². The molecule has 0 spiro atoms. The lowest BCUT2D eigenvalue weighted by Gasteiger charge is -2.33. The Morgan fingerprint density at radius 1 is 1.10 bits per heavy atom. The highest BCUT2D eigenvalue weighted by Gasteiger charge is 2.50. The number of carbonyl (C=O) groups is 1. The van der Waals surface area contributed by atoms with Gasteiger partial charge in [0.15, 0.2) is 0 Å². The number of aryl methyl sites for hydroxylation is 1. The molecule has 1 aliphatic rings. The number of aromatic nitrogens is 1. The molecular weight excluding hydrogens is 385 g/mol. The van der Waals surface area contributed by atoms with Crippen molar-refractivity contribution in [1.82, 2.24) is 4.57 Å². The third-order valence-corrected chi connectivity index (χ3v) is 5.69. The third kappa shape index (κ3) is 3.08. The first-order valence-electron chi connectivity index (χ1n) is 9.06. The minimum atomic E-state index is -5.03. The summed E-state index contributed by atoms with van der Waals surface area (Å²) in [5.74, 6) is -3.88. The molecule has 29 heavy (non-hydrogen) atoms. The molecule has 0 amide bonds. The van der Waals surface area contributed by atoms with Gasteiger partial charge in [-0.3, -0.25) is 14.9 Å². The molecule has 0 unspecified atom stereocenters. The molecule has 1 aliphatic carbocycles. The molecule has 3 aromatic rings. The van der Waals surface area contributed by atoms with Gasteiger partial charge in [0, 0.05) is 35.5 Å². The van der Waals surface area contributed by atoms with Crippen LogP contribution >= 0.6 is 0 Å². The van der Waals surface area contributed by atoms with Gasteiger partial charge in [-0.25, -0.2) is 0 Å². The van der Waals surface area contributed by atoms with Gasteiger partial charge in [-0.15, -0.1) is 0 Å². The zero-order valence-electron chi connectivity index (χ0n) is 15.4. The molecule has 0 radical (unpaired) electrons. The highest BCUT2D eigenvalue weighted by atomic mass is 19.4. The maximum absolute atomic E-state index is 13.0. The second kappa shape index (κ2) is 6.72. The number of benzene rings is 2. The second-order valence-corrected chi connectivity index (χ2v) is 7.33. The largest absolute Gasteiger partial charge is 0.449 e. The lowest BCUT2D eigenvalue weighted by atomic mass is 9.69. The quantitative estimate of drug-likeness (QED) is 0.474. The fraction of sp³-hybridized carbons (Fsp3) is 0.286. The van der Waals surface area contributed by atoms with Crippen molar-refractivity contribution in [3.8, 4) is 0 Å². The maximum atomic E-state index is 13.0. The number of hydrogen-bond acceptors (Lipinski definition) is 3. The number of nitrogens with zero attached hydrogens (tertiary/aromatic N) is 2. The first-order valence-corrected chi connectivity index (χ1v) is 9.06. The molecular formula is C21H17F3N2O3. The molecule has 8 heteroatoms.